The highest BCUT2D eigenvalue weighted by Crippen LogP contribution is 2.62. The summed E-state index contributed by atoms with van der Waals surface area (Å²) in [6.07, 6.45) is -0.579. The Balaban J connectivity index is 1.40. The third kappa shape index (κ3) is 3.97. The number of halogens is 4. The summed E-state index contributed by atoms with van der Waals surface area (Å²) < 4.78 is 28.1. The molecule has 4 aliphatic rings. The van der Waals surface area contributed by atoms with Crippen LogP contribution < -0.4 is 10.2 Å². The van der Waals surface area contributed by atoms with Gasteiger partial charge in [-0.05, 0) is 60.0 Å². The van der Waals surface area contributed by atoms with Gasteiger partial charge in [0, 0.05) is 64.9 Å². The molecule has 7 rings (SSSR count). The number of carboxylic acid groups (broad SMARTS) is 1. The van der Waals surface area contributed by atoms with Crippen LogP contribution in [0.3, 0.4) is 0 Å². The van der Waals surface area contributed by atoms with Crippen LogP contribution >= 0.6 is 23.2 Å². The number of hydrogen-bond acceptors (Lipinski definition) is 4. The van der Waals surface area contributed by atoms with Gasteiger partial charge >= 0.3 is 5.97 Å². The van der Waals surface area contributed by atoms with E-state index in [1.807, 2.05) is 11.0 Å². The molecule has 2 saturated heterocycles. The molecule has 0 bridgehead atoms. The number of carbonyl (C=O) groups is 3. The number of carbonyl (C=O) groups excluding carboxylic acids is 2. The van der Waals surface area contributed by atoms with Gasteiger partial charge < -0.3 is 15.3 Å². The summed E-state index contributed by atoms with van der Waals surface area (Å²) in [6, 6.07) is 17.8. The lowest BCUT2D eigenvalue weighted by molar-refractivity contribution is -0.136. The Bertz CT molecular complexity index is 1640. The maximum Gasteiger partial charge on any atom is 0.335 e. The molecule has 1 aliphatic carbocycles. The average molecular weight is 612 g/mol. The van der Waals surface area contributed by atoms with Gasteiger partial charge in [-0.1, -0.05) is 41.4 Å². The molecule has 7 nitrogen and oxygen atoms in total. The molecule has 0 unspecified atom stereocenters. The van der Waals surface area contributed by atoms with Gasteiger partial charge in [-0.15, -0.1) is 0 Å². The van der Waals surface area contributed by atoms with Gasteiger partial charge in [0.2, 0.25) is 17.7 Å². The minimum absolute atomic E-state index is 0.0896. The number of aromatic carboxylic acids is 1. The van der Waals surface area contributed by atoms with Crippen LogP contribution in [-0.2, 0) is 15.1 Å². The van der Waals surface area contributed by atoms with Gasteiger partial charge in [-0.2, -0.15) is 0 Å². The van der Waals surface area contributed by atoms with Crippen LogP contribution in [0.15, 0.2) is 66.7 Å². The molecular weight excluding hydrogens is 587 g/mol. The van der Waals surface area contributed by atoms with Crippen LogP contribution in [0.25, 0.3) is 0 Å². The van der Waals surface area contributed by atoms with Gasteiger partial charge in [-0.3, -0.25) is 14.5 Å². The number of alkyl halides is 2. The summed E-state index contributed by atoms with van der Waals surface area (Å²) >= 11 is 12.7. The fraction of sp³-hybridized carbons (Fsp3) is 0.323. The normalized spacial score (nSPS) is 28.1. The summed E-state index contributed by atoms with van der Waals surface area (Å²) in [4.78, 5) is 43.7. The lowest BCUT2D eigenvalue weighted by Crippen LogP contribution is -2.56. The first-order valence-corrected chi connectivity index (χ1v) is 14.4. The molecule has 1 spiro atoms. The number of carboxylic acids is 1. The molecule has 3 fully saturated rings. The number of amides is 2. The van der Waals surface area contributed by atoms with Crippen LogP contribution in [0, 0.1) is 11.8 Å². The fourth-order valence-corrected chi connectivity index (χ4v) is 7.99. The highest BCUT2D eigenvalue weighted by molar-refractivity contribution is 6.31. The van der Waals surface area contributed by atoms with E-state index in [-0.39, 0.29) is 49.2 Å². The van der Waals surface area contributed by atoms with Crippen molar-refractivity contribution in [1.29, 1.82) is 0 Å². The maximum atomic E-state index is 14.4. The fourth-order valence-electron chi connectivity index (χ4n) is 7.62. The number of anilines is 2. The SMILES string of the molecule is O=C(O)c1ccc(N2C[C@H]3[C@@H](C2=O)[C@H](c2cccc(Cl)c2)[C@]2(C(=O)Nc4cc(Cl)ccc42)N3CC2CC(F)(F)C2)cc1. The van der Waals surface area contributed by atoms with Crippen molar-refractivity contribution in [2.24, 2.45) is 11.8 Å². The van der Waals surface area contributed by atoms with E-state index in [0.29, 0.717) is 32.5 Å². The van der Waals surface area contributed by atoms with Gasteiger partial charge in [0.25, 0.3) is 0 Å². The first-order chi connectivity index (χ1) is 20.0. The maximum absolute atomic E-state index is 14.4. The van der Waals surface area contributed by atoms with Crippen molar-refractivity contribution >= 4 is 52.4 Å². The molecule has 1 saturated carbocycles. The van der Waals surface area contributed by atoms with Crippen LogP contribution in [0.2, 0.25) is 10.0 Å². The monoisotopic (exact) mass is 611 g/mol. The van der Waals surface area contributed by atoms with Crippen molar-refractivity contribution < 1.29 is 28.3 Å². The Morgan fingerprint density at radius 3 is 2.38 bits per heavy atom. The van der Waals surface area contributed by atoms with E-state index in [0.717, 1.165) is 0 Å². The molecule has 3 heterocycles. The minimum atomic E-state index is -2.75. The third-order valence-electron chi connectivity index (χ3n) is 9.25. The van der Waals surface area contributed by atoms with Crippen LogP contribution in [0.4, 0.5) is 20.2 Å². The van der Waals surface area contributed by atoms with Crippen LogP contribution in [0.1, 0.15) is 40.2 Å². The first kappa shape index (κ1) is 27.3. The Kier molecular flexibility index (Phi) is 6.17. The lowest BCUT2D eigenvalue weighted by atomic mass is 9.71. The van der Waals surface area contributed by atoms with Gasteiger partial charge in [0.15, 0.2) is 0 Å². The Morgan fingerprint density at radius 1 is 1.00 bits per heavy atom. The van der Waals surface area contributed by atoms with Crippen molar-refractivity contribution in [3.8, 4) is 0 Å². The number of nitrogens with one attached hydrogen (secondary N) is 1. The van der Waals surface area contributed by atoms with Crippen molar-refractivity contribution in [1.82, 2.24) is 4.90 Å². The topological polar surface area (TPSA) is 90.0 Å². The van der Waals surface area contributed by atoms with Crippen molar-refractivity contribution in [3.63, 3.8) is 0 Å². The van der Waals surface area contributed by atoms with E-state index in [4.69, 9.17) is 23.2 Å². The van der Waals surface area contributed by atoms with E-state index in [2.05, 4.69) is 5.32 Å². The molecule has 3 aromatic rings. The molecule has 3 aromatic carbocycles. The van der Waals surface area contributed by atoms with E-state index in [9.17, 15) is 28.3 Å². The largest absolute Gasteiger partial charge is 0.478 e. The Hall–Kier alpha value is -3.53. The summed E-state index contributed by atoms with van der Waals surface area (Å²) in [6.45, 7) is 0.399. The van der Waals surface area contributed by atoms with E-state index < -0.39 is 35.3 Å². The van der Waals surface area contributed by atoms with Gasteiger partial charge in [0.05, 0.1) is 11.5 Å². The number of likely N-dealkylation sites (tertiary alicyclic amines) is 1. The number of fused-ring (bicyclic) bond motifs is 3. The number of rotatable bonds is 5. The molecule has 11 heteroatoms. The zero-order valence-corrected chi connectivity index (χ0v) is 23.6. The molecule has 216 valence electrons. The predicted octanol–water partition coefficient (Wildman–Crippen LogP) is 6.02. The predicted molar refractivity (Wildman–Crippen MR) is 153 cm³/mol. The second-order valence-electron chi connectivity index (χ2n) is 11.6. The minimum Gasteiger partial charge on any atom is -0.478 e. The lowest BCUT2D eigenvalue weighted by Gasteiger charge is -2.45. The first-order valence-electron chi connectivity index (χ1n) is 13.7. The number of benzene rings is 3. The van der Waals surface area contributed by atoms with E-state index in [1.54, 1.807) is 53.4 Å². The van der Waals surface area contributed by atoms with E-state index >= 15 is 0 Å². The second kappa shape index (κ2) is 9.49. The smallest absolute Gasteiger partial charge is 0.335 e. The van der Waals surface area contributed by atoms with Crippen molar-refractivity contribution in [3.05, 3.63) is 93.5 Å². The molecule has 4 atom stereocenters. The highest BCUT2D eigenvalue weighted by atomic mass is 35.5. The number of nitrogens with zero attached hydrogens (tertiary/aromatic N) is 2. The quantitative estimate of drug-likeness (QED) is 0.368. The molecule has 0 aromatic heterocycles. The average Bonchev–Trinajstić information content (AvgIpc) is 3.50. The van der Waals surface area contributed by atoms with Crippen molar-refractivity contribution in [2.75, 3.05) is 23.3 Å². The Labute approximate surface area is 250 Å². The summed E-state index contributed by atoms with van der Waals surface area (Å²) in [5.74, 6) is -6.17. The molecule has 2 amide bonds. The second-order valence-corrected chi connectivity index (χ2v) is 12.5. The zero-order chi connectivity index (χ0) is 29.6. The van der Waals surface area contributed by atoms with Gasteiger partial charge in [0.1, 0.15) is 5.54 Å². The van der Waals surface area contributed by atoms with Crippen LogP contribution in [-0.4, -0.2) is 52.8 Å². The number of hydrogen-bond donors (Lipinski definition) is 2. The third-order valence-corrected chi connectivity index (χ3v) is 9.72. The summed E-state index contributed by atoms with van der Waals surface area (Å²) in [7, 11) is 0. The van der Waals surface area contributed by atoms with Gasteiger partial charge in [-0.25, -0.2) is 13.6 Å². The highest BCUT2D eigenvalue weighted by Gasteiger charge is 2.71. The molecule has 0 radical (unpaired) electrons. The van der Waals surface area contributed by atoms with Crippen molar-refractivity contribution in [2.45, 2.75) is 36.3 Å². The zero-order valence-electron chi connectivity index (χ0n) is 22.1. The molecule has 2 N–H and O–H groups in total. The molecule has 3 aliphatic heterocycles. The standard InChI is InChI=1S/C31H25Cl2F2N3O4/c32-19-3-1-2-18(10-19)26-25-24(15-37(27(25)39)21-7-4-17(5-8-21)28(40)41)38(14-16-12-30(34,35)13-16)31(26)22-9-6-20(33)11-23(22)36-29(31)42/h1-11,16,24-26H,12-15H2,(H,36,42)(H,40,41)/t24-,25+,26-,31+/m0/s1. The molecule has 42 heavy (non-hydrogen) atoms. The van der Waals surface area contributed by atoms with Crippen LogP contribution in [0.5, 0.6) is 0 Å². The summed E-state index contributed by atoms with van der Waals surface area (Å²) in [5, 5.41) is 13.2. The summed E-state index contributed by atoms with van der Waals surface area (Å²) in [5.41, 5.74) is 1.11. The Morgan fingerprint density at radius 2 is 1.71 bits per heavy atom. The van der Waals surface area contributed by atoms with E-state index in [1.165, 1.54) is 12.1 Å². The molecular formula is C31H25Cl2F2N3O4.